The Morgan fingerprint density at radius 3 is 3.20 bits per heavy atom. The predicted molar refractivity (Wildman–Crippen MR) is 35.5 cm³/mol. The maximum absolute atomic E-state index is 9.89. The van der Waals surface area contributed by atoms with Crippen molar-refractivity contribution in [3.8, 4) is 0 Å². The van der Waals surface area contributed by atoms with Crippen LogP contribution in [0.4, 0.5) is 0 Å². The molecule has 0 N–H and O–H groups in total. The highest BCUT2D eigenvalue weighted by Gasteiger charge is 1.94. The number of carbonyl (C=O) groups is 1. The van der Waals surface area contributed by atoms with Gasteiger partial charge in [0.1, 0.15) is 12.5 Å². The van der Waals surface area contributed by atoms with Gasteiger partial charge in [0.05, 0.1) is 5.69 Å². The average molecular weight is 139 g/mol. The predicted octanol–water partition coefficient (Wildman–Crippen LogP) is 1.20. The lowest BCUT2D eigenvalue weighted by Crippen LogP contribution is -1.84. The van der Waals surface area contributed by atoms with Crippen molar-refractivity contribution in [1.29, 1.82) is 0 Å². The molecule has 0 spiro atoms. The minimum absolute atomic E-state index is 0.604. The van der Waals surface area contributed by atoms with E-state index in [1.165, 1.54) is 6.26 Å². The number of hydrogen-bond donors (Lipinski definition) is 0. The van der Waals surface area contributed by atoms with Crippen molar-refractivity contribution < 1.29 is 9.32 Å². The van der Waals surface area contributed by atoms with Crippen LogP contribution in [-0.4, -0.2) is 11.4 Å². The van der Waals surface area contributed by atoms with Crippen LogP contribution in [0, 0.1) is 0 Å². The van der Waals surface area contributed by atoms with Gasteiger partial charge >= 0.3 is 0 Å². The monoisotopic (exact) mass is 139 g/mol. The highest BCUT2D eigenvalue weighted by molar-refractivity contribution is 5.49. The number of aryl methyl sites for hydroxylation is 1. The summed E-state index contributed by atoms with van der Waals surface area (Å²) in [6, 6.07) is 1.81. The van der Waals surface area contributed by atoms with Crippen molar-refractivity contribution in [2.24, 2.45) is 0 Å². The summed E-state index contributed by atoms with van der Waals surface area (Å²) in [6.45, 7) is 0. The van der Waals surface area contributed by atoms with Crippen LogP contribution >= 0.6 is 0 Å². The minimum Gasteiger partial charge on any atom is -0.365 e. The van der Waals surface area contributed by atoms with E-state index in [1.54, 1.807) is 0 Å². The number of carbonyl (C=O) groups excluding carboxylic acids is 1. The van der Waals surface area contributed by atoms with Gasteiger partial charge in [-0.2, -0.15) is 0 Å². The SMILES string of the molecule is O=CCCCc1ccon1. The Bertz CT molecular complexity index is 181. The van der Waals surface area contributed by atoms with Crippen LogP contribution in [0.15, 0.2) is 16.9 Å². The number of nitrogens with zero attached hydrogens (tertiary/aromatic N) is 1. The summed E-state index contributed by atoms with van der Waals surface area (Å²) in [5, 5.41) is 3.70. The van der Waals surface area contributed by atoms with E-state index in [4.69, 9.17) is 0 Å². The molecule has 0 saturated carbocycles. The first kappa shape index (κ1) is 6.99. The lowest BCUT2D eigenvalue weighted by molar-refractivity contribution is -0.107. The van der Waals surface area contributed by atoms with Gasteiger partial charge in [-0.15, -0.1) is 0 Å². The third-order valence-electron chi connectivity index (χ3n) is 1.25. The normalized spacial score (nSPS) is 9.60. The van der Waals surface area contributed by atoms with Crippen molar-refractivity contribution in [2.45, 2.75) is 19.3 Å². The zero-order chi connectivity index (χ0) is 7.23. The minimum atomic E-state index is 0.604. The molecule has 3 nitrogen and oxygen atoms in total. The number of hydrogen-bond acceptors (Lipinski definition) is 3. The Hall–Kier alpha value is -1.12. The van der Waals surface area contributed by atoms with Gasteiger partial charge in [-0.25, -0.2) is 0 Å². The standard InChI is InChI=1S/C7H9NO2/c9-5-2-1-3-7-4-6-10-8-7/h4-6H,1-3H2. The molecule has 0 amide bonds. The van der Waals surface area contributed by atoms with Gasteiger partial charge in [-0.1, -0.05) is 5.16 Å². The Morgan fingerprint density at radius 2 is 2.60 bits per heavy atom. The fourth-order valence-corrected chi connectivity index (χ4v) is 0.733. The third kappa shape index (κ3) is 2.01. The lowest BCUT2D eigenvalue weighted by Gasteiger charge is -1.87. The van der Waals surface area contributed by atoms with Crippen molar-refractivity contribution in [3.05, 3.63) is 18.0 Å². The van der Waals surface area contributed by atoms with Crippen LogP contribution in [-0.2, 0) is 11.2 Å². The zero-order valence-corrected chi connectivity index (χ0v) is 5.62. The van der Waals surface area contributed by atoms with Gasteiger partial charge in [0.2, 0.25) is 0 Å². The number of unbranched alkanes of at least 4 members (excludes halogenated alkanes) is 1. The van der Waals surface area contributed by atoms with E-state index in [2.05, 4.69) is 9.68 Å². The second kappa shape index (κ2) is 3.82. The van der Waals surface area contributed by atoms with Gasteiger partial charge in [0, 0.05) is 12.5 Å². The smallest absolute Gasteiger partial charge is 0.124 e. The van der Waals surface area contributed by atoms with Gasteiger partial charge in [-0.05, 0) is 12.8 Å². The fraction of sp³-hybridized carbons (Fsp3) is 0.429. The van der Waals surface area contributed by atoms with Crippen molar-refractivity contribution in [1.82, 2.24) is 5.16 Å². The Labute approximate surface area is 59.0 Å². The molecule has 0 fully saturated rings. The van der Waals surface area contributed by atoms with Crippen LogP contribution in [0.5, 0.6) is 0 Å². The van der Waals surface area contributed by atoms with E-state index in [0.29, 0.717) is 6.42 Å². The molecule has 0 aromatic carbocycles. The zero-order valence-electron chi connectivity index (χ0n) is 5.62. The Balaban J connectivity index is 2.21. The van der Waals surface area contributed by atoms with Crippen LogP contribution in [0.1, 0.15) is 18.5 Å². The molecule has 1 aromatic heterocycles. The molecule has 0 bridgehead atoms. The van der Waals surface area contributed by atoms with Gasteiger partial charge in [0.25, 0.3) is 0 Å². The second-order valence-corrected chi connectivity index (χ2v) is 2.05. The number of aldehydes is 1. The molecule has 1 heterocycles. The summed E-state index contributed by atoms with van der Waals surface area (Å²) in [7, 11) is 0. The summed E-state index contributed by atoms with van der Waals surface area (Å²) in [6.07, 6.45) is 4.74. The summed E-state index contributed by atoms with van der Waals surface area (Å²) >= 11 is 0. The van der Waals surface area contributed by atoms with Crippen molar-refractivity contribution in [3.63, 3.8) is 0 Å². The number of aromatic nitrogens is 1. The summed E-state index contributed by atoms with van der Waals surface area (Å²) in [5.41, 5.74) is 0.918. The van der Waals surface area contributed by atoms with E-state index in [9.17, 15) is 4.79 Å². The highest BCUT2D eigenvalue weighted by atomic mass is 16.5. The molecule has 3 heteroatoms. The molecule has 0 radical (unpaired) electrons. The van der Waals surface area contributed by atoms with Crippen LogP contribution < -0.4 is 0 Å². The molecule has 1 rings (SSSR count). The van der Waals surface area contributed by atoms with Crippen LogP contribution in [0.2, 0.25) is 0 Å². The third-order valence-corrected chi connectivity index (χ3v) is 1.25. The highest BCUT2D eigenvalue weighted by Crippen LogP contribution is 1.99. The maximum Gasteiger partial charge on any atom is 0.124 e. The van der Waals surface area contributed by atoms with Gasteiger partial charge < -0.3 is 9.32 Å². The quantitative estimate of drug-likeness (QED) is 0.465. The molecule has 0 aliphatic carbocycles. The van der Waals surface area contributed by atoms with Crippen LogP contribution in [0.3, 0.4) is 0 Å². The average Bonchev–Trinajstić information content (AvgIpc) is 2.41. The molecule has 1 aromatic rings. The molecule has 0 aliphatic heterocycles. The lowest BCUT2D eigenvalue weighted by atomic mass is 10.2. The van der Waals surface area contributed by atoms with E-state index in [0.717, 1.165) is 24.8 Å². The molecule has 0 aliphatic rings. The largest absolute Gasteiger partial charge is 0.365 e. The second-order valence-electron chi connectivity index (χ2n) is 2.05. The van der Waals surface area contributed by atoms with Gasteiger partial charge in [0.15, 0.2) is 0 Å². The van der Waals surface area contributed by atoms with E-state index < -0.39 is 0 Å². The summed E-state index contributed by atoms with van der Waals surface area (Å²) in [4.78, 5) is 9.89. The first-order valence-electron chi connectivity index (χ1n) is 3.26. The van der Waals surface area contributed by atoms with E-state index in [1.807, 2.05) is 6.07 Å². The van der Waals surface area contributed by atoms with Crippen molar-refractivity contribution >= 4 is 6.29 Å². The van der Waals surface area contributed by atoms with Crippen molar-refractivity contribution in [2.75, 3.05) is 0 Å². The fourth-order valence-electron chi connectivity index (χ4n) is 0.733. The summed E-state index contributed by atoms with van der Waals surface area (Å²) < 4.78 is 4.61. The van der Waals surface area contributed by atoms with Gasteiger partial charge in [-0.3, -0.25) is 0 Å². The molecular formula is C7H9NO2. The van der Waals surface area contributed by atoms with E-state index >= 15 is 0 Å². The molecule has 0 atom stereocenters. The van der Waals surface area contributed by atoms with Crippen LogP contribution in [0.25, 0.3) is 0 Å². The maximum atomic E-state index is 9.89. The molecule has 0 unspecified atom stereocenters. The Morgan fingerprint density at radius 1 is 1.70 bits per heavy atom. The van der Waals surface area contributed by atoms with E-state index in [-0.39, 0.29) is 0 Å². The summed E-state index contributed by atoms with van der Waals surface area (Å²) in [5.74, 6) is 0. The molecular weight excluding hydrogens is 130 g/mol. The molecule has 10 heavy (non-hydrogen) atoms. The number of rotatable bonds is 4. The molecule has 0 saturated heterocycles. The molecule has 54 valence electrons. The topological polar surface area (TPSA) is 43.1 Å². The Kier molecular flexibility index (Phi) is 2.67. The first-order chi connectivity index (χ1) is 4.93. The first-order valence-corrected chi connectivity index (χ1v) is 3.26.